The summed E-state index contributed by atoms with van der Waals surface area (Å²) in [5, 5.41) is 0. The topological polar surface area (TPSA) is 72.1 Å². The number of nitrogens with one attached hydrogen (secondary N) is 1. The summed E-state index contributed by atoms with van der Waals surface area (Å²) in [6.07, 6.45) is -2.99. The average Bonchev–Trinajstić information content (AvgIpc) is 3.07. The van der Waals surface area contributed by atoms with Gasteiger partial charge < -0.3 is 9.72 Å². The molecule has 0 amide bonds. The van der Waals surface area contributed by atoms with E-state index in [-0.39, 0.29) is 22.1 Å². The zero-order valence-electron chi connectivity index (χ0n) is 15.0. The van der Waals surface area contributed by atoms with Crippen LogP contribution >= 0.6 is 0 Å². The van der Waals surface area contributed by atoms with Crippen LogP contribution in [0.15, 0.2) is 53.6 Å². The lowest BCUT2D eigenvalue weighted by atomic mass is 10.1. The van der Waals surface area contributed by atoms with E-state index in [1.54, 1.807) is 6.92 Å². The van der Waals surface area contributed by atoms with Crippen molar-refractivity contribution in [1.82, 2.24) is 9.97 Å². The van der Waals surface area contributed by atoms with Crippen LogP contribution in [0, 0.1) is 6.92 Å². The minimum absolute atomic E-state index is 0.0154. The van der Waals surface area contributed by atoms with Gasteiger partial charge in [-0.3, -0.25) is 0 Å². The molecule has 0 aliphatic heterocycles. The molecule has 2 aromatic carbocycles. The molecule has 3 rings (SSSR count). The van der Waals surface area contributed by atoms with Gasteiger partial charge in [-0.1, -0.05) is 13.0 Å². The molecule has 0 saturated heterocycles. The molecule has 1 N–H and O–H groups in total. The van der Waals surface area contributed by atoms with Gasteiger partial charge in [0.1, 0.15) is 17.3 Å². The maximum absolute atomic E-state index is 12.9. The minimum atomic E-state index is -4.50. The summed E-state index contributed by atoms with van der Waals surface area (Å²) in [4.78, 5) is 7.17. The number of halogens is 3. The van der Waals surface area contributed by atoms with Gasteiger partial charge in [-0.2, -0.15) is 13.2 Å². The summed E-state index contributed by atoms with van der Waals surface area (Å²) in [6.45, 7) is 3.26. The maximum atomic E-state index is 12.9. The van der Waals surface area contributed by atoms with Gasteiger partial charge >= 0.3 is 6.18 Å². The van der Waals surface area contributed by atoms with E-state index in [0.29, 0.717) is 17.1 Å². The molecule has 1 heterocycles. The maximum Gasteiger partial charge on any atom is 0.416 e. The van der Waals surface area contributed by atoms with Crippen molar-refractivity contribution in [2.75, 3.05) is 5.75 Å². The van der Waals surface area contributed by atoms with Crippen LogP contribution in [-0.2, 0) is 16.0 Å². The summed E-state index contributed by atoms with van der Waals surface area (Å²) in [7, 11) is -3.48. The van der Waals surface area contributed by atoms with E-state index < -0.39 is 21.6 Å². The first-order valence-corrected chi connectivity index (χ1v) is 9.99. The molecule has 0 atom stereocenters. The molecule has 5 nitrogen and oxygen atoms in total. The number of hydrogen-bond acceptors (Lipinski definition) is 4. The van der Waals surface area contributed by atoms with E-state index in [4.69, 9.17) is 4.74 Å². The van der Waals surface area contributed by atoms with Crippen molar-refractivity contribution in [3.05, 3.63) is 60.0 Å². The SMILES string of the molecule is CCS(=O)(=O)c1ccc(Oc2cccc(C(F)(F)F)c2)c(-c2cnc(C)[nH]2)c1. The van der Waals surface area contributed by atoms with E-state index in [0.717, 1.165) is 12.1 Å². The lowest BCUT2D eigenvalue weighted by Gasteiger charge is -2.14. The Bertz CT molecular complexity index is 1110. The Hall–Kier alpha value is -2.81. The fourth-order valence-electron chi connectivity index (χ4n) is 2.59. The summed E-state index contributed by atoms with van der Waals surface area (Å²) in [5.41, 5.74) is 0.0364. The molecule has 0 fully saturated rings. The fraction of sp³-hybridized carbons (Fsp3) is 0.211. The molecule has 3 aromatic rings. The number of imidazole rings is 1. The summed E-state index contributed by atoms with van der Waals surface area (Å²) < 4.78 is 68.9. The van der Waals surface area contributed by atoms with Crippen molar-refractivity contribution < 1.29 is 26.3 Å². The molecule has 148 valence electrons. The molecular weight excluding hydrogens is 393 g/mol. The number of alkyl halides is 3. The zero-order chi connectivity index (χ0) is 20.5. The van der Waals surface area contributed by atoms with Crippen molar-refractivity contribution in [2.45, 2.75) is 24.9 Å². The number of sulfone groups is 1. The third kappa shape index (κ3) is 4.19. The van der Waals surface area contributed by atoms with Gasteiger partial charge in [0.2, 0.25) is 0 Å². The number of rotatable bonds is 5. The van der Waals surface area contributed by atoms with Crippen LogP contribution < -0.4 is 4.74 Å². The molecule has 0 aliphatic carbocycles. The van der Waals surface area contributed by atoms with Gasteiger partial charge in [-0.05, 0) is 43.3 Å². The third-order valence-electron chi connectivity index (χ3n) is 4.07. The Kier molecular flexibility index (Phi) is 5.20. The molecule has 0 unspecified atom stereocenters. The average molecular weight is 410 g/mol. The lowest BCUT2D eigenvalue weighted by molar-refractivity contribution is -0.137. The Labute approximate surface area is 160 Å². The highest BCUT2D eigenvalue weighted by atomic mass is 32.2. The van der Waals surface area contributed by atoms with Crippen LogP contribution in [-0.4, -0.2) is 24.1 Å². The molecule has 0 bridgehead atoms. The third-order valence-corrected chi connectivity index (χ3v) is 5.80. The van der Waals surface area contributed by atoms with Crippen molar-refractivity contribution >= 4 is 9.84 Å². The Morgan fingerprint density at radius 2 is 1.89 bits per heavy atom. The van der Waals surface area contributed by atoms with Gasteiger partial charge in [0.25, 0.3) is 0 Å². The highest BCUT2D eigenvalue weighted by molar-refractivity contribution is 7.91. The molecule has 28 heavy (non-hydrogen) atoms. The van der Waals surface area contributed by atoms with E-state index in [9.17, 15) is 21.6 Å². The number of H-pyrrole nitrogens is 1. The highest BCUT2D eigenvalue weighted by Gasteiger charge is 2.30. The predicted molar refractivity (Wildman–Crippen MR) is 98.0 cm³/mol. The number of aryl methyl sites for hydroxylation is 1. The van der Waals surface area contributed by atoms with Crippen LogP contribution in [0.2, 0.25) is 0 Å². The normalized spacial score (nSPS) is 12.2. The molecule has 1 aromatic heterocycles. The number of hydrogen-bond donors (Lipinski definition) is 1. The minimum Gasteiger partial charge on any atom is -0.457 e. The second-order valence-electron chi connectivity index (χ2n) is 6.07. The van der Waals surface area contributed by atoms with Crippen molar-refractivity contribution in [1.29, 1.82) is 0 Å². The quantitative estimate of drug-likeness (QED) is 0.643. The molecule has 0 radical (unpaired) electrons. The highest BCUT2D eigenvalue weighted by Crippen LogP contribution is 2.37. The number of benzene rings is 2. The van der Waals surface area contributed by atoms with E-state index in [1.165, 1.54) is 43.5 Å². The van der Waals surface area contributed by atoms with Crippen molar-refractivity contribution in [3.63, 3.8) is 0 Å². The van der Waals surface area contributed by atoms with Gasteiger partial charge in [-0.15, -0.1) is 0 Å². The first-order valence-electron chi connectivity index (χ1n) is 8.34. The molecule has 0 spiro atoms. The Morgan fingerprint density at radius 3 is 2.50 bits per heavy atom. The zero-order valence-corrected chi connectivity index (χ0v) is 15.9. The Morgan fingerprint density at radius 1 is 1.14 bits per heavy atom. The predicted octanol–water partition coefficient (Wildman–Crippen LogP) is 4.99. The number of aromatic nitrogens is 2. The molecule has 9 heteroatoms. The van der Waals surface area contributed by atoms with Gasteiger partial charge in [0, 0.05) is 5.56 Å². The summed E-state index contributed by atoms with van der Waals surface area (Å²) in [6, 6.07) is 8.70. The van der Waals surface area contributed by atoms with Gasteiger partial charge in [0.05, 0.1) is 28.1 Å². The fourth-order valence-corrected chi connectivity index (χ4v) is 3.50. The second kappa shape index (κ2) is 7.31. The van der Waals surface area contributed by atoms with E-state index in [1.807, 2.05) is 0 Å². The molecule has 0 aliphatic rings. The number of ether oxygens (including phenoxy) is 1. The van der Waals surface area contributed by atoms with Crippen LogP contribution in [0.25, 0.3) is 11.3 Å². The van der Waals surface area contributed by atoms with Crippen LogP contribution in [0.3, 0.4) is 0 Å². The summed E-state index contributed by atoms with van der Waals surface area (Å²) >= 11 is 0. The van der Waals surface area contributed by atoms with Crippen LogP contribution in [0.1, 0.15) is 18.3 Å². The first-order chi connectivity index (χ1) is 13.1. The smallest absolute Gasteiger partial charge is 0.416 e. The van der Waals surface area contributed by atoms with Crippen molar-refractivity contribution in [3.8, 4) is 22.8 Å². The van der Waals surface area contributed by atoms with Crippen LogP contribution in [0.4, 0.5) is 13.2 Å². The van der Waals surface area contributed by atoms with Gasteiger partial charge in [0.15, 0.2) is 9.84 Å². The van der Waals surface area contributed by atoms with E-state index in [2.05, 4.69) is 9.97 Å². The standard InChI is InChI=1S/C19H17F3N2O3S/c1-3-28(25,26)15-7-8-18(16(10-15)17-11-23-12(2)24-17)27-14-6-4-5-13(9-14)19(20,21)22/h4-11H,3H2,1-2H3,(H,23,24). The van der Waals surface area contributed by atoms with E-state index >= 15 is 0 Å². The second-order valence-corrected chi connectivity index (χ2v) is 8.35. The molecule has 0 saturated carbocycles. The first kappa shape index (κ1) is 19.9. The Balaban J connectivity index is 2.08. The lowest BCUT2D eigenvalue weighted by Crippen LogP contribution is -2.05. The number of nitrogens with zero attached hydrogens (tertiary/aromatic N) is 1. The molecular formula is C19H17F3N2O3S. The van der Waals surface area contributed by atoms with Crippen molar-refractivity contribution in [2.24, 2.45) is 0 Å². The van der Waals surface area contributed by atoms with Gasteiger partial charge in [-0.25, -0.2) is 13.4 Å². The summed E-state index contributed by atoms with van der Waals surface area (Å²) in [5.74, 6) is 0.711. The monoisotopic (exact) mass is 410 g/mol. The largest absolute Gasteiger partial charge is 0.457 e. The number of aromatic amines is 1. The van der Waals surface area contributed by atoms with Crippen LogP contribution in [0.5, 0.6) is 11.5 Å².